The first-order chi connectivity index (χ1) is 11.0. The van der Waals surface area contributed by atoms with E-state index in [1.807, 2.05) is 0 Å². The van der Waals surface area contributed by atoms with Crippen LogP contribution in [0.2, 0.25) is 0 Å². The fourth-order valence-electron chi connectivity index (χ4n) is 2.53. The zero-order valence-electron chi connectivity index (χ0n) is 13.0. The minimum Gasteiger partial charge on any atom is -0.504 e. The Morgan fingerprint density at radius 3 is 1.48 bits per heavy atom. The van der Waals surface area contributed by atoms with E-state index in [2.05, 4.69) is 0 Å². The number of aliphatic hydroxyl groups is 2. The standard InChI is InChI=1S/C17H20O6/c1-22-15-7-11(3-5-13(15)20)17(9-18,10-19)12-4-6-14(21)16(8-12)23-2/h3-8,18-21H,9-10H2,1-2H3. The Hall–Kier alpha value is -2.44. The van der Waals surface area contributed by atoms with Gasteiger partial charge >= 0.3 is 0 Å². The molecule has 0 unspecified atom stereocenters. The highest BCUT2D eigenvalue weighted by Crippen LogP contribution is 2.39. The molecular weight excluding hydrogens is 300 g/mol. The van der Waals surface area contributed by atoms with Crippen LogP contribution in [0.25, 0.3) is 0 Å². The predicted octanol–water partition coefficient (Wildman–Crippen LogP) is 1.39. The maximum atomic E-state index is 9.98. The van der Waals surface area contributed by atoms with Crippen molar-refractivity contribution >= 4 is 0 Å². The van der Waals surface area contributed by atoms with Crippen LogP contribution < -0.4 is 9.47 Å². The Labute approximate surface area is 134 Å². The van der Waals surface area contributed by atoms with Crippen LogP contribution in [0.4, 0.5) is 0 Å². The van der Waals surface area contributed by atoms with E-state index in [0.717, 1.165) is 0 Å². The SMILES string of the molecule is COc1cc(C(CO)(CO)c2ccc(O)c(OC)c2)ccc1O. The van der Waals surface area contributed by atoms with Gasteiger partial charge in [0.15, 0.2) is 23.0 Å². The molecule has 0 atom stereocenters. The van der Waals surface area contributed by atoms with Gasteiger partial charge in [-0.3, -0.25) is 0 Å². The van der Waals surface area contributed by atoms with Gasteiger partial charge in [0, 0.05) is 0 Å². The summed E-state index contributed by atoms with van der Waals surface area (Å²) < 4.78 is 10.2. The van der Waals surface area contributed by atoms with Gasteiger partial charge in [0.05, 0.1) is 32.8 Å². The van der Waals surface area contributed by atoms with Crippen LogP contribution >= 0.6 is 0 Å². The molecule has 0 heterocycles. The summed E-state index contributed by atoms with van der Waals surface area (Å²) in [5, 5.41) is 39.4. The number of phenolic OH excluding ortho intramolecular Hbond substituents is 2. The van der Waals surface area contributed by atoms with Crippen LogP contribution in [0.15, 0.2) is 36.4 Å². The summed E-state index contributed by atoms with van der Waals surface area (Å²) in [6.07, 6.45) is 0. The number of ether oxygens (including phenoxy) is 2. The van der Waals surface area contributed by atoms with Crippen molar-refractivity contribution < 1.29 is 29.9 Å². The largest absolute Gasteiger partial charge is 0.504 e. The minimum atomic E-state index is -1.14. The number of methoxy groups -OCH3 is 2. The second-order valence-electron chi connectivity index (χ2n) is 5.17. The highest BCUT2D eigenvalue weighted by molar-refractivity contribution is 5.52. The molecule has 0 amide bonds. The van der Waals surface area contributed by atoms with Gasteiger partial charge in [0.2, 0.25) is 0 Å². The maximum absolute atomic E-state index is 9.98. The second kappa shape index (κ2) is 6.76. The zero-order chi connectivity index (χ0) is 17.0. The topological polar surface area (TPSA) is 99.4 Å². The summed E-state index contributed by atoms with van der Waals surface area (Å²) in [4.78, 5) is 0. The Morgan fingerprint density at radius 1 is 0.783 bits per heavy atom. The highest BCUT2D eigenvalue weighted by atomic mass is 16.5. The molecule has 2 aromatic rings. The first-order valence-electron chi connectivity index (χ1n) is 6.99. The molecule has 124 valence electrons. The predicted molar refractivity (Wildman–Crippen MR) is 84.3 cm³/mol. The van der Waals surface area contributed by atoms with E-state index >= 15 is 0 Å². The van der Waals surface area contributed by atoms with Crippen molar-refractivity contribution in [3.8, 4) is 23.0 Å². The summed E-state index contributed by atoms with van der Waals surface area (Å²) in [5.74, 6) is 0.396. The molecule has 0 bridgehead atoms. The second-order valence-corrected chi connectivity index (χ2v) is 5.17. The molecule has 0 aliphatic carbocycles. The number of phenols is 2. The minimum absolute atomic E-state index is 0.0377. The van der Waals surface area contributed by atoms with Crippen LogP contribution in [0.1, 0.15) is 11.1 Å². The van der Waals surface area contributed by atoms with Gasteiger partial charge in [-0.1, -0.05) is 12.1 Å². The third-order valence-corrected chi connectivity index (χ3v) is 4.00. The Bertz CT molecular complexity index is 623. The molecule has 0 spiro atoms. The zero-order valence-corrected chi connectivity index (χ0v) is 13.0. The van der Waals surface area contributed by atoms with Gasteiger partial charge in [-0.25, -0.2) is 0 Å². The molecule has 4 N–H and O–H groups in total. The third-order valence-electron chi connectivity index (χ3n) is 4.00. The first kappa shape index (κ1) is 16.9. The summed E-state index contributed by atoms with van der Waals surface area (Å²) in [6, 6.07) is 9.19. The molecule has 0 aliphatic heterocycles. The van der Waals surface area contributed by atoms with E-state index in [1.165, 1.54) is 26.4 Å². The van der Waals surface area contributed by atoms with Crippen molar-refractivity contribution in [2.45, 2.75) is 5.41 Å². The van der Waals surface area contributed by atoms with Crippen molar-refractivity contribution in [1.29, 1.82) is 0 Å². The fourth-order valence-corrected chi connectivity index (χ4v) is 2.53. The molecule has 0 saturated heterocycles. The maximum Gasteiger partial charge on any atom is 0.160 e. The smallest absolute Gasteiger partial charge is 0.160 e. The lowest BCUT2D eigenvalue weighted by Crippen LogP contribution is -2.36. The molecule has 6 heteroatoms. The summed E-state index contributed by atoms with van der Waals surface area (Å²) >= 11 is 0. The van der Waals surface area contributed by atoms with Crippen molar-refractivity contribution in [2.75, 3.05) is 27.4 Å². The van der Waals surface area contributed by atoms with Crippen LogP contribution in [-0.4, -0.2) is 47.9 Å². The Morgan fingerprint density at radius 2 is 1.17 bits per heavy atom. The quantitative estimate of drug-likeness (QED) is 0.642. The number of hydrogen-bond donors (Lipinski definition) is 4. The normalized spacial score (nSPS) is 11.3. The first-order valence-corrected chi connectivity index (χ1v) is 6.99. The molecule has 0 aliphatic rings. The van der Waals surface area contributed by atoms with Crippen LogP contribution in [-0.2, 0) is 5.41 Å². The molecule has 0 fully saturated rings. The number of rotatable bonds is 6. The van der Waals surface area contributed by atoms with E-state index in [4.69, 9.17) is 9.47 Å². The highest BCUT2D eigenvalue weighted by Gasteiger charge is 2.34. The van der Waals surface area contributed by atoms with E-state index in [-0.39, 0.29) is 36.2 Å². The van der Waals surface area contributed by atoms with Gasteiger partial charge in [-0.15, -0.1) is 0 Å². The van der Waals surface area contributed by atoms with E-state index < -0.39 is 5.41 Å². The molecule has 23 heavy (non-hydrogen) atoms. The number of aliphatic hydroxyl groups excluding tert-OH is 2. The van der Waals surface area contributed by atoms with Crippen molar-refractivity contribution in [3.05, 3.63) is 47.5 Å². The molecule has 0 radical (unpaired) electrons. The number of hydrogen-bond acceptors (Lipinski definition) is 6. The summed E-state index contributed by atoms with van der Waals surface area (Å²) in [6.45, 7) is -0.767. The van der Waals surface area contributed by atoms with E-state index in [0.29, 0.717) is 11.1 Å². The number of benzene rings is 2. The third kappa shape index (κ3) is 2.91. The summed E-state index contributed by atoms with van der Waals surface area (Å²) in [5.41, 5.74) is -0.0168. The number of aromatic hydroxyl groups is 2. The molecule has 2 aromatic carbocycles. The summed E-state index contributed by atoms with van der Waals surface area (Å²) in [7, 11) is 2.84. The Kier molecular flexibility index (Phi) is 4.98. The van der Waals surface area contributed by atoms with Gasteiger partial charge in [0.1, 0.15) is 0 Å². The van der Waals surface area contributed by atoms with Crippen molar-refractivity contribution in [1.82, 2.24) is 0 Å². The van der Waals surface area contributed by atoms with E-state index in [9.17, 15) is 20.4 Å². The van der Waals surface area contributed by atoms with E-state index in [1.54, 1.807) is 24.3 Å². The van der Waals surface area contributed by atoms with Gasteiger partial charge in [0.25, 0.3) is 0 Å². The van der Waals surface area contributed by atoms with Crippen LogP contribution in [0, 0.1) is 0 Å². The molecule has 6 nitrogen and oxygen atoms in total. The lowest BCUT2D eigenvalue weighted by molar-refractivity contribution is 0.142. The molecular formula is C17H20O6. The van der Waals surface area contributed by atoms with Gasteiger partial charge < -0.3 is 29.9 Å². The Balaban J connectivity index is 2.64. The van der Waals surface area contributed by atoms with Gasteiger partial charge in [-0.05, 0) is 35.4 Å². The van der Waals surface area contributed by atoms with Crippen molar-refractivity contribution in [3.63, 3.8) is 0 Å². The molecule has 2 rings (SSSR count). The lowest BCUT2D eigenvalue weighted by Gasteiger charge is -2.31. The van der Waals surface area contributed by atoms with Crippen molar-refractivity contribution in [2.24, 2.45) is 0 Å². The molecule has 0 aromatic heterocycles. The average molecular weight is 320 g/mol. The molecule has 0 saturated carbocycles. The van der Waals surface area contributed by atoms with Gasteiger partial charge in [-0.2, -0.15) is 0 Å². The lowest BCUT2D eigenvalue weighted by atomic mass is 9.75. The monoisotopic (exact) mass is 320 g/mol. The fraction of sp³-hybridized carbons (Fsp3) is 0.294. The van der Waals surface area contributed by atoms with Crippen LogP contribution in [0.5, 0.6) is 23.0 Å². The average Bonchev–Trinajstić information content (AvgIpc) is 2.58. The van der Waals surface area contributed by atoms with Crippen LogP contribution in [0.3, 0.4) is 0 Å².